The molecule has 0 radical (unpaired) electrons. The van der Waals surface area contributed by atoms with Crippen LogP contribution in [0.15, 0.2) is 194 Å². The van der Waals surface area contributed by atoms with Crippen molar-refractivity contribution in [3.63, 3.8) is 0 Å². The SMILES string of the molecule is c1ccc(N(c2ccccc2)c2nc(-c3ccc4c(c3)Oc3ccccc3O4)nc(-c3c4ccccc4c(-c4ccc5c(c4)C4(c6ccccc6-5)C5CC6CC(C5)CC4C6)c4ccccc34)n2)cc1. The van der Waals surface area contributed by atoms with Gasteiger partial charge in [-0.25, -0.2) is 4.98 Å². The van der Waals surface area contributed by atoms with Gasteiger partial charge in [-0.2, -0.15) is 9.97 Å². The number of aromatic nitrogens is 3. The lowest BCUT2D eigenvalue weighted by molar-refractivity contribution is -0.0399. The molecule has 6 aliphatic rings. The third kappa shape index (κ3) is 5.81. The highest BCUT2D eigenvalue weighted by Crippen LogP contribution is 2.69. The van der Waals surface area contributed by atoms with E-state index in [2.05, 4.69) is 144 Å². The number of para-hydroxylation sites is 4. The summed E-state index contributed by atoms with van der Waals surface area (Å²) in [5.74, 6) is 7.34. The third-order valence-corrected chi connectivity index (χ3v) is 16.3. The third-order valence-electron chi connectivity index (χ3n) is 16.3. The van der Waals surface area contributed by atoms with Gasteiger partial charge >= 0.3 is 0 Å². The van der Waals surface area contributed by atoms with Crippen molar-refractivity contribution in [3.8, 4) is 68.0 Å². The molecule has 0 amide bonds. The molecule has 69 heavy (non-hydrogen) atoms. The highest BCUT2D eigenvalue weighted by molar-refractivity contribution is 6.21. The van der Waals surface area contributed by atoms with Crippen molar-refractivity contribution in [3.05, 3.63) is 205 Å². The summed E-state index contributed by atoms with van der Waals surface area (Å²) < 4.78 is 12.7. The van der Waals surface area contributed by atoms with Crippen LogP contribution in [-0.4, -0.2) is 15.0 Å². The van der Waals surface area contributed by atoms with Crippen LogP contribution in [0.2, 0.25) is 0 Å². The second-order valence-electron chi connectivity index (χ2n) is 19.9. The van der Waals surface area contributed by atoms with Crippen LogP contribution in [0.4, 0.5) is 17.3 Å². The van der Waals surface area contributed by atoms with Crippen LogP contribution in [0.3, 0.4) is 0 Å². The van der Waals surface area contributed by atoms with Crippen molar-refractivity contribution in [1.29, 1.82) is 0 Å². The van der Waals surface area contributed by atoms with Gasteiger partial charge < -0.3 is 9.47 Å². The van der Waals surface area contributed by atoms with Crippen LogP contribution in [0.25, 0.3) is 66.6 Å². The molecule has 2 heterocycles. The number of anilines is 3. The smallest absolute Gasteiger partial charge is 0.238 e. The fraction of sp³-hybridized carbons (Fsp3) is 0.159. The average molecular weight is 891 g/mol. The highest BCUT2D eigenvalue weighted by Gasteiger charge is 2.61. The molecule has 1 aliphatic heterocycles. The van der Waals surface area contributed by atoms with Crippen LogP contribution in [0.5, 0.6) is 23.0 Å². The minimum Gasteiger partial charge on any atom is -0.450 e. The van der Waals surface area contributed by atoms with E-state index in [9.17, 15) is 0 Å². The first-order valence-electron chi connectivity index (χ1n) is 24.6. The van der Waals surface area contributed by atoms with Crippen molar-refractivity contribution in [1.82, 2.24) is 15.0 Å². The van der Waals surface area contributed by atoms with Crippen LogP contribution in [0, 0.1) is 23.7 Å². The van der Waals surface area contributed by atoms with E-state index in [1.807, 2.05) is 54.6 Å². The molecule has 16 rings (SSSR count). The Morgan fingerprint density at radius 2 is 0.899 bits per heavy atom. The summed E-state index contributed by atoms with van der Waals surface area (Å²) in [5.41, 5.74) is 12.2. The number of hydrogen-bond acceptors (Lipinski definition) is 6. The Labute approximate surface area is 400 Å². The maximum Gasteiger partial charge on any atom is 0.238 e. The van der Waals surface area contributed by atoms with Gasteiger partial charge in [0.15, 0.2) is 34.6 Å². The summed E-state index contributed by atoms with van der Waals surface area (Å²) in [4.78, 5) is 18.4. The maximum atomic E-state index is 6.45. The van der Waals surface area contributed by atoms with E-state index in [4.69, 9.17) is 24.4 Å². The minimum atomic E-state index is 0.0687. The summed E-state index contributed by atoms with van der Waals surface area (Å²) in [6.07, 6.45) is 6.86. The summed E-state index contributed by atoms with van der Waals surface area (Å²) in [7, 11) is 0. The van der Waals surface area contributed by atoms with Gasteiger partial charge in [0.2, 0.25) is 5.95 Å². The molecule has 1 spiro atoms. The van der Waals surface area contributed by atoms with Crippen molar-refractivity contribution >= 4 is 38.9 Å². The monoisotopic (exact) mass is 890 g/mol. The second-order valence-corrected chi connectivity index (χ2v) is 19.9. The molecule has 4 bridgehead atoms. The fourth-order valence-corrected chi connectivity index (χ4v) is 13.9. The predicted molar refractivity (Wildman–Crippen MR) is 276 cm³/mol. The molecule has 330 valence electrons. The zero-order valence-corrected chi connectivity index (χ0v) is 37.9. The van der Waals surface area contributed by atoms with E-state index in [0.29, 0.717) is 52.4 Å². The Morgan fingerprint density at radius 3 is 1.55 bits per heavy atom. The molecule has 9 aromatic carbocycles. The Balaban J connectivity index is 0.956. The lowest BCUT2D eigenvalue weighted by Gasteiger charge is -2.61. The van der Waals surface area contributed by atoms with Gasteiger partial charge in [-0.15, -0.1) is 0 Å². The topological polar surface area (TPSA) is 60.4 Å². The number of nitrogens with zero attached hydrogens (tertiary/aromatic N) is 4. The Morgan fingerprint density at radius 1 is 0.391 bits per heavy atom. The first-order valence-corrected chi connectivity index (χ1v) is 24.6. The van der Waals surface area contributed by atoms with Crippen LogP contribution in [-0.2, 0) is 5.41 Å². The number of rotatable bonds is 6. The Hall–Kier alpha value is -8.09. The molecule has 4 saturated carbocycles. The van der Waals surface area contributed by atoms with E-state index >= 15 is 0 Å². The number of fused-ring (bicyclic) bond motifs is 7. The van der Waals surface area contributed by atoms with Gasteiger partial charge in [0, 0.05) is 27.9 Å². The minimum absolute atomic E-state index is 0.0687. The summed E-state index contributed by atoms with van der Waals surface area (Å²) >= 11 is 0. The average Bonchev–Trinajstić information content (AvgIpc) is 3.69. The normalized spacial score (nSPS) is 21.0. The van der Waals surface area contributed by atoms with Crippen molar-refractivity contribution in [2.45, 2.75) is 37.5 Å². The molecular formula is C63H46N4O2. The van der Waals surface area contributed by atoms with Gasteiger partial charge in [-0.1, -0.05) is 133 Å². The molecule has 0 saturated heterocycles. The van der Waals surface area contributed by atoms with Crippen molar-refractivity contribution < 1.29 is 9.47 Å². The van der Waals surface area contributed by atoms with Gasteiger partial charge in [-0.3, -0.25) is 4.90 Å². The first kappa shape index (κ1) is 39.0. The van der Waals surface area contributed by atoms with Gasteiger partial charge in [-0.05, 0) is 171 Å². The van der Waals surface area contributed by atoms with E-state index in [1.165, 1.54) is 65.1 Å². The maximum absolute atomic E-state index is 6.45. The standard InChI is InChI=1S/C63H46N4O2/c1-3-15-44(16-4-1)67(45-17-5-2-6-18-45)62-65-60(41-28-30-56-57(37-41)69-55-26-14-13-25-54(55)68-56)64-61(66-62)59-50-22-9-7-20-48(50)58(49-21-8-10-23-51(49)59)40-27-29-47-46-19-11-12-24-52(46)63(53(47)36-40)42-32-38-31-39(34-42)35-43(63)33-38/h1-30,36-39,42-43H,31-35H2. The zero-order chi connectivity index (χ0) is 45.2. The highest BCUT2D eigenvalue weighted by atomic mass is 16.6. The lowest BCUT2D eigenvalue weighted by Crippen LogP contribution is -2.55. The molecule has 6 nitrogen and oxygen atoms in total. The van der Waals surface area contributed by atoms with E-state index in [1.54, 1.807) is 11.1 Å². The zero-order valence-electron chi connectivity index (χ0n) is 37.9. The predicted octanol–water partition coefficient (Wildman–Crippen LogP) is 16.3. The second kappa shape index (κ2) is 15.0. The molecule has 0 atom stereocenters. The molecule has 10 aromatic rings. The Bertz CT molecular complexity index is 3590. The summed E-state index contributed by atoms with van der Waals surface area (Å²) in [5, 5.41) is 4.52. The van der Waals surface area contributed by atoms with Crippen molar-refractivity contribution in [2.24, 2.45) is 23.7 Å². The van der Waals surface area contributed by atoms with Crippen LogP contribution in [0.1, 0.15) is 43.2 Å². The number of ether oxygens (including phenoxy) is 2. The quantitative estimate of drug-likeness (QED) is 0.155. The lowest BCUT2D eigenvalue weighted by atomic mass is 9.43. The van der Waals surface area contributed by atoms with Gasteiger partial charge in [0.1, 0.15) is 0 Å². The van der Waals surface area contributed by atoms with Crippen LogP contribution < -0.4 is 14.4 Å². The number of benzene rings is 9. The van der Waals surface area contributed by atoms with E-state index in [0.717, 1.165) is 45.1 Å². The molecule has 4 fully saturated rings. The largest absolute Gasteiger partial charge is 0.450 e. The Kier molecular flexibility index (Phi) is 8.44. The first-order chi connectivity index (χ1) is 34.2. The molecule has 0 N–H and O–H groups in total. The molecule has 5 aliphatic carbocycles. The van der Waals surface area contributed by atoms with Crippen LogP contribution >= 0.6 is 0 Å². The van der Waals surface area contributed by atoms with Crippen molar-refractivity contribution in [2.75, 3.05) is 4.90 Å². The van der Waals surface area contributed by atoms with E-state index < -0.39 is 0 Å². The molecule has 6 heteroatoms. The van der Waals surface area contributed by atoms with E-state index in [-0.39, 0.29) is 5.41 Å². The van der Waals surface area contributed by atoms with Gasteiger partial charge in [0.05, 0.1) is 0 Å². The fourth-order valence-electron chi connectivity index (χ4n) is 13.9. The molecule has 0 unspecified atom stereocenters. The summed E-state index contributed by atoms with van der Waals surface area (Å²) in [6, 6.07) is 69.0. The summed E-state index contributed by atoms with van der Waals surface area (Å²) in [6.45, 7) is 0. The number of hydrogen-bond donors (Lipinski definition) is 0. The molecular weight excluding hydrogens is 845 g/mol. The molecule has 1 aromatic heterocycles. The van der Waals surface area contributed by atoms with Gasteiger partial charge in [0.25, 0.3) is 0 Å².